The third kappa shape index (κ3) is 5.28. The van der Waals surface area contributed by atoms with Crippen LogP contribution in [0.25, 0.3) is 0 Å². The lowest BCUT2D eigenvalue weighted by Gasteiger charge is -2.29. The molecule has 0 spiro atoms. The van der Waals surface area contributed by atoms with Crippen LogP contribution in [0.5, 0.6) is 0 Å². The fraction of sp³-hybridized carbons (Fsp3) is 0.643. The zero-order valence-corrected chi connectivity index (χ0v) is 12.3. The van der Waals surface area contributed by atoms with Crippen molar-refractivity contribution >= 4 is 5.91 Å². The summed E-state index contributed by atoms with van der Waals surface area (Å²) < 4.78 is 0. The minimum absolute atomic E-state index is 0.0703. The molecule has 1 aromatic heterocycles. The van der Waals surface area contributed by atoms with E-state index in [4.69, 9.17) is 0 Å². The summed E-state index contributed by atoms with van der Waals surface area (Å²) in [7, 11) is 0. The summed E-state index contributed by atoms with van der Waals surface area (Å²) in [4.78, 5) is 31.9. The molecule has 0 saturated carbocycles. The second-order valence-corrected chi connectivity index (χ2v) is 5.46. The molecule has 1 aliphatic rings. The van der Waals surface area contributed by atoms with Crippen LogP contribution in [0.3, 0.4) is 0 Å². The first-order valence-electron chi connectivity index (χ1n) is 7.27. The van der Waals surface area contributed by atoms with Crippen molar-refractivity contribution in [2.45, 2.75) is 32.3 Å². The second kappa shape index (κ2) is 7.33. The number of aliphatic hydroxyl groups is 1. The number of β-amino-alcohol motifs (C(OH)–C–C–N with tert-alkyl or cyclic N) is 1. The normalized spacial score (nSPS) is 19.4. The number of piperidine rings is 1. The number of aromatic amines is 1. The summed E-state index contributed by atoms with van der Waals surface area (Å²) in [6.07, 6.45) is 1.90. The van der Waals surface area contributed by atoms with Gasteiger partial charge < -0.3 is 15.4 Å². The van der Waals surface area contributed by atoms with Gasteiger partial charge in [0, 0.05) is 31.3 Å². The number of likely N-dealkylation sites (tertiary alicyclic amines) is 1. The van der Waals surface area contributed by atoms with Gasteiger partial charge in [-0.15, -0.1) is 0 Å². The van der Waals surface area contributed by atoms with Crippen LogP contribution >= 0.6 is 0 Å². The monoisotopic (exact) mass is 294 g/mol. The fourth-order valence-electron chi connectivity index (χ4n) is 2.51. The molecule has 1 aromatic rings. The molecule has 0 aliphatic carbocycles. The molecule has 1 atom stereocenters. The van der Waals surface area contributed by atoms with Crippen molar-refractivity contribution in [3.63, 3.8) is 0 Å². The number of nitrogens with one attached hydrogen (secondary N) is 2. The number of hydrogen-bond donors (Lipinski definition) is 3. The number of hydrogen-bond acceptors (Lipinski definition) is 5. The van der Waals surface area contributed by atoms with Gasteiger partial charge >= 0.3 is 0 Å². The number of H-pyrrole nitrogens is 1. The van der Waals surface area contributed by atoms with Gasteiger partial charge in [0.15, 0.2) is 0 Å². The Morgan fingerprint density at radius 3 is 3.14 bits per heavy atom. The molecule has 1 saturated heterocycles. The van der Waals surface area contributed by atoms with E-state index in [1.54, 1.807) is 6.92 Å². The van der Waals surface area contributed by atoms with Gasteiger partial charge in [0.1, 0.15) is 5.82 Å². The first kappa shape index (κ1) is 15.7. The van der Waals surface area contributed by atoms with Crippen LogP contribution < -0.4 is 10.9 Å². The lowest BCUT2D eigenvalue weighted by Crippen LogP contribution is -2.44. The number of nitrogens with zero attached hydrogens (tertiary/aromatic N) is 2. The Morgan fingerprint density at radius 1 is 1.62 bits per heavy atom. The predicted octanol–water partition coefficient (Wildman–Crippen LogP) is -0.806. The number of aliphatic hydroxyl groups excluding tert-OH is 1. The predicted molar refractivity (Wildman–Crippen MR) is 78.0 cm³/mol. The van der Waals surface area contributed by atoms with Gasteiger partial charge in [-0.05, 0) is 26.3 Å². The Hall–Kier alpha value is -1.73. The van der Waals surface area contributed by atoms with Gasteiger partial charge in [-0.3, -0.25) is 14.5 Å². The van der Waals surface area contributed by atoms with Gasteiger partial charge in [-0.25, -0.2) is 4.98 Å². The molecule has 0 aromatic carbocycles. The van der Waals surface area contributed by atoms with Crippen LogP contribution in [0.1, 0.15) is 24.4 Å². The summed E-state index contributed by atoms with van der Waals surface area (Å²) in [5.41, 5.74) is 0.494. The quantitative estimate of drug-likeness (QED) is 0.660. The maximum Gasteiger partial charge on any atom is 0.251 e. The summed E-state index contributed by atoms with van der Waals surface area (Å²) in [6, 6.07) is 1.43. The average molecular weight is 294 g/mol. The van der Waals surface area contributed by atoms with E-state index in [0.29, 0.717) is 37.6 Å². The van der Waals surface area contributed by atoms with Crippen molar-refractivity contribution in [2.24, 2.45) is 0 Å². The standard InChI is InChI=1S/C14H22N4O3/c1-10-7-13(20)17-12(16-10)4-5-15-14(21)9-18-6-2-3-11(19)8-18/h7,11,19H,2-6,8-9H2,1H3,(H,15,21)(H,16,17,20)/t11-/m1/s1. The molecule has 0 bridgehead atoms. The molecule has 1 aliphatic heterocycles. The number of rotatable bonds is 5. The lowest BCUT2D eigenvalue weighted by molar-refractivity contribution is -0.122. The number of amides is 1. The van der Waals surface area contributed by atoms with Gasteiger partial charge in [-0.2, -0.15) is 0 Å². The minimum Gasteiger partial charge on any atom is -0.392 e. The maximum atomic E-state index is 11.8. The second-order valence-electron chi connectivity index (χ2n) is 5.46. The first-order chi connectivity index (χ1) is 10.0. The van der Waals surface area contributed by atoms with Crippen molar-refractivity contribution in [1.82, 2.24) is 20.2 Å². The van der Waals surface area contributed by atoms with Crippen LogP contribution in [0.2, 0.25) is 0 Å². The third-order valence-corrected chi connectivity index (χ3v) is 3.45. The van der Waals surface area contributed by atoms with E-state index in [1.165, 1.54) is 6.07 Å². The molecule has 21 heavy (non-hydrogen) atoms. The molecule has 1 amide bonds. The van der Waals surface area contributed by atoms with Crippen LogP contribution in [0.4, 0.5) is 0 Å². The first-order valence-corrected chi connectivity index (χ1v) is 7.27. The molecular weight excluding hydrogens is 272 g/mol. The van der Waals surface area contributed by atoms with Crippen LogP contribution in [0.15, 0.2) is 10.9 Å². The zero-order chi connectivity index (χ0) is 15.2. The number of carbonyl (C=O) groups is 1. The highest BCUT2D eigenvalue weighted by molar-refractivity contribution is 5.78. The highest BCUT2D eigenvalue weighted by Gasteiger charge is 2.19. The Kier molecular flexibility index (Phi) is 5.46. The van der Waals surface area contributed by atoms with Gasteiger partial charge in [0.05, 0.1) is 12.6 Å². The molecule has 0 unspecified atom stereocenters. The number of aromatic nitrogens is 2. The third-order valence-electron chi connectivity index (χ3n) is 3.45. The molecule has 1 fully saturated rings. The van der Waals surface area contributed by atoms with E-state index in [1.807, 2.05) is 4.90 Å². The number of carbonyl (C=O) groups excluding carboxylic acids is 1. The zero-order valence-electron chi connectivity index (χ0n) is 12.3. The lowest BCUT2D eigenvalue weighted by atomic mass is 10.1. The van der Waals surface area contributed by atoms with Crippen LogP contribution in [0, 0.1) is 6.92 Å². The average Bonchev–Trinajstić information content (AvgIpc) is 2.37. The van der Waals surface area contributed by atoms with Gasteiger partial charge in [-0.1, -0.05) is 0 Å². The summed E-state index contributed by atoms with van der Waals surface area (Å²) >= 11 is 0. The smallest absolute Gasteiger partial charge is 0.251 e. The molecule has 3 N–H and O–H groups in total. The van der Waals surface area contributed by atoms with Crippen molar-refractivity contribution < 1.29 is 9.90 Å². The highest BCUT2D eigenvalue weighted by atomic mass is 16.3. The largest absolute Gasteiger partial charge is 0.392 e. The van der Waals surface area contributed by atoms with Gasteiger partial charge in [0.25, 0.3) is 5.56 Å². The van der Waals surface area contributed by atoms with Crippen molar-refractivity contribution in [2.75, 3.05) is 26.2 Å². The van der Waals surface area contributed by atoms with Crippen molar-refractivity contribution in [3.8, 4) is 0 Å². The molecule has 7 heteroatoms. The minimum atomic E-state index is -0.326. The fourth-order valence-corrected chi connectivity index (χ4v) is 2.51. The molecular formula is C14H22N4O3. The Balaban J connectivity index is 1.72. The summed E-state index contributed by atoms with van der Waals surface area (Å²) in [6.45, 7) is 3.90. The van der Waals surface area contributed by atoms with E-state index >= 15 is 0 Å². The van der Waals surface area contributed by atoms with Crippen LogP contribution in [-0.4, -0.2) is 58.2 Å². The van der Waals surface area contributed by atoms with Crippen molar-refractivity contribution in [3.05, 3.63) is 27.9 Å². The summed E-state index contributed by atoms with van der Waals surface area (Å²) in [5.74, 6) is 0.507. The van der Waals surface area contributed by atoms with Gasteiger partial charge in [0.2, 0.25) is 5.91 Å². The summed E-state index contributed by atoms with van der Waals surface area (Å²) in [5, 5.41) is 12.4. The Labute approximate surface area is 123 Å². The highest BCUT2D eigenvalue weighted by Crippen LogP contribution is 2.08. The molecule has 2 rings (SSSR count). The Morgan fingerprint density at radius 2 is 2.43 bits per heavy atom. The Bertz CT molecular complexity index is 543. The molecule has 7 nitrogen and oxygen atoms in total. The molecule has 2 heterocycles. The number of aryl methyl sites for hydroxylation is 1. The van der Waals surface area contributed by atoms with E-state index < -0.39 is 0 Å². The topological polar surface area (TPSA) is 98.3 Å². The SMILES string of the molecule is Cc1cc(=O)[nH]c(CCNC(=O)CN2CCC[C@@H](O)C2)n1. The molecule has 0 radical (unpaired) electrons. The van der Waals surface area contributed by atoms with Crippen LogP contribution in [-0.2, 0) is 11.2 Å². The van der Waals surface area contributed by atoms with Crippen molar-refractivity contribution in [1.29, 1.82) is 0 Å². The maximum absolute atomic E-state index is 11.8. The van der Waals surface area contributed by atoms with E-state index in [-0.39, 0.29) is 17.6 Å². The van der Waals surface area contributed by atoms with E-state index in [9.17, 15) is 14.7 Å². The van der Waals surface area contributed by atoms with E-state index in [2.05, 4.69) is 15.3 Å². The molecule has 116 valence electrons. The van der Waals surface area contributed by atoms with E-state index in [0.717, 1.165) is 19.4 Å².